The van der Waals surface area contributed by atoms with E-state index in [1.807, 2.05) is 12.1 Å². The summed E-state index contributed by atoms with van der Waals surface area (Å²) in [5.74, 6) is -0.0945. The first kappa shape index (κ1) is 11.6. The molecular weight excluding hydrogens is 201 g/mol. The molecule has 0 amide bonds. The van der Waals surface area contributed by atoms with E-state index in [4.69, 9.17) is 0 Å². The zero-order valence-corrected chi connectivity index (χ0v) is 9.93. The van der Waals surface area contributed by atoms with E-state index < -0.39 is 0 Å². The molecule has 0 heterocycles. The van der Waals surface area contributed by atoms with Gasteiger partial charge in [0.15, 0.2) is 0 Å². The first-order valence-electron chi connectivity index (χ1n) is 6.24. The summed E-state index contributed by atoms with van der Waals surface area (Å²) in [7, 11) is 0. The van der Waals surface area contributed by atoms with Crippen molar-refractivity contribution in [1.82, 2.24) is 5.32 Å². The Bertz CT molecular complexity index is 343. The molecule has 88 valence electrons. The molecule has 1 aliphatic rings. The number of hydrogen-bond acceptors (Lipinski definition) is 1. The average molecular weight is 221 g/mol. The highest BCUT2D eigenvalue weighted by atomic mass is 19.1. The van der Waals surface area contributed by atoms with Crippen LogP contribution in [0.15, 0.2) is 18.2 Å². The third-order valence-corrected chi connectivity index (χ3v) is 3.44. The maximum atomic E-state index is 13.3. The highest BCUT2D eigenvalue weighted by Crippen LogP contribution is 2.18. The molecule has 1 N–H and O–H groups in total. The Balaban J connectivity index is 1.86. The lowest BCUT2D eigenvalue weighted by molar-refractivity contribution is 0.372. The number of hydrogen-bond donors (Lipinski definition) is 1. The number of aryl methyl sites for hydroxylation is 1. The molecule has 0 unspecified atom stereocenters. The van der Waals surface area contributed by atoms with Crippen molar-refractivity contribution in [1.29, 1.82) is 0 Å². The predicted octanol–water partition coefficient (Wildman–Crippen LogP) is 3.56. The third kappa shape index (κ3) is 3.05. The number of halogens is 1. The Morgan fingerprint density at radius 1 is 1.25 bits per heavy atom. The predicted molar refractivity (Wildman–Crippen MR) is 64.8 cm³/mol. The van der Waals surface area contributed by atoms with Gasteiger partial charge in [-0.1, -0.05) is 31.4 Å². The van der Waals surface area contributed by atoms with Crippen LogP contribution in [0.25, 0.3) is 0 Å². The molecule has 1 fully saturated rings. The lowest BCUT2D eigenvalue weighted by Gasteiger charge is -2.22. The molecule has 1 saturated carbocycles. The summed E-state index contributed by atoms with van der Waals surface area (Å²) in [4.78, 5) is 0. The molecule has 1 aromatic carbocycles. The van der Waals surface area contributed by atoms with Gasteiger partial charge in [0.2, 0.25) is 0 Å². The van der Waals surface area contributed by atoms with Gasteiger partial charge in [0.25, 0.3) is 0 Å². The van der Waals surface area contributed by atoms with Crippen LogP contribution in [0.1, 0.15) is 43.2 Å². The first-order valence-corrected chi connectivity index (χ1v) is 6.24. The molecule has 16 heavy (non-hydrogen) atoms. The van der Waals surface area contributed by atoms with Crippen molar-refractivity contribution < 1.29 is 4.39 Å². The molecule has 1 aromatic rings. The van der Waals surface area contributed by atoms with Crippen molar-refractivity contribution in [2.45, 2.75) is 51.6 Å². The fraction of sp³-hybridized carbons (Fsp3) is 0.571. The van der Waals surface area contributed by atoms with E-state index in [1.54, 1.807) is 13.0 Å². The first-order chi connectivity index (χ1) is 7.75. The molecular formula is C14H20FN. The zero-order valence-electron chi connectivity index (χ0n) is 9.93. The molecule has 0 saturated heterocycles. The van der Waals surface area contributed by atoms with E-state index in [9.17, 15) is 4.39 Å². The summed E-state index contributed by atoms with van der Waals surface area (Å²) < 4.78 is 13.3. The maximum Gasteiger partial charge on any atom is 0.126 e. The molecule has 0 aliphatic heterocycles. The van der Waals surface area contributed by atoms with Crippen molar-refractivity contribution in [2.24, 2.45) is 0 Å². The summed E-state index contributed by atoms with van der Waals surface area (Å²) in [5, 5.41) is 3.52. The van der Waals surface area contributed by atoms with Crippen LogP contribution in [0.4, 0.5) is 4.39 Å². The van der Waals surface area contributed by atoms with Gasteiger partial charge in [-0.05, 0) is 37.0 Å². The average Bonchev–Trinajstić information content (AvgIpc) is 2.32. The van der Waals surface area contributed by atoms with Crippen molar-refractivity contribution >= 4 is 0 Å². The van der Waals surface area contributed by atoms with E-state index in [-0.39, 0.29) is 5.82 Å². The van der Waals surface area contributed by atoms with Gasteiger partial charge < -0.3 is 5.32 Å². The van der Waals surface area contributed by atoms with Gasteiger partial charge in [0.05, 0.1) is 0 Å². The molecule has 2 heteroatoms. The molecule has 0 radical (unpaired) electrons. The van der Waals surface area contributed by atoms with Crippen LogP contribution in [-0.2, 0) is 6.54 Å². The van der Waals surface area contributed by atoms with Gasteiger partial charge in [-0.3, -0.25) is 0 Å². The molecule has 2 rings (SSSR count). The summed E-state index contributed by atoms with van der Waals surface area (Å²) in [6, 6.07) is 6.14. The molecule has 0 bridgehead atoms. The topological polar surface area (TPSA) is 12.0 Å². The van der Waals surface area contributed by atoms with Crippen LogP contribution in [0.2, 0.25) is 0 Å². The Kier molecular flexibility index (Phi) is 3.94. The second-order valence-corrected chi connectivity index (χ2v) is 4.80. The minimum absolute atomic E-state index is 0.0945. The lowest BCUT2D eigenvalue weighted by Crippen LogP contribution is -2.30. The molecule has 1 aliphatic carbocycles. The van der Waals surface area contributed by atoms with Crippen molar-refractivity contribution in [2.75, 3.05) is 0 Å². The largest absolute Gasteiger partial charge is 0.310 e. The van der Waals surface area contributed by atoms with Crippen LogP contribution >= 0.6 is 0 Å². The van der Waals surface area contributed by atoms with Crippen LogP contribution < -0.4 is 5.32 Å². The number of rotatable bonds is 3. The fourth-order valence-corrected chi connectivity index (χ4v) is 2.32. The Morgan fingerprint density at radius 2 is 2.00 bits per heavy atom. The van der Waals surface area contributed by atoms with Crippen LogP contribution in [-0.4, -0.2) is 6.04 Å². The molecule has 0 atom stereocenters. The van der Waals surface area contributed by atoms with E-state index in [2.05, 4.69) is 5.32 Å². The SMILES string of the molecule is Cc1ccc(CNC2CCCCC2)cc1F. The summed E-state index contributed by atoms with van der Waals surface area (Å²) in [5.41, 5.74) is 1.77. The summed E-state index contributed by atoms with van der Waals surface area (Å²) in [6.07, 6.45) is 6.58. The fourth-order valence-electron chi connectivity index (χ4n) is 2.32. The van der Waals surface area contributed by atoms with Gasteiger partial charge in [0.1, 0.15) is 5.82 Å². The van der Waals surface area contributed by atoms with E-state index in [0.717, 1.165) is 17.7 Å². The molecule has 0 aromatic heterocycles. The van der Waals surface area contributed by atoms with E-state index in [0.29, 0.717) is 6.04 Å². The smallest absolute Gasteiger partial charge is 0.126 e. The van der Waals surface area contributed by atoms with Crippen molar-refractivity contribution in [3.63, 3.8) is 0 Å². The van der Waals surface area contributed by atoms with Gasteiger partial charge >= 0.3 is 0 Å². The minimum atomic E-state index is -0.0945. The lowest BCUT2D eigenvalue weighted by atomic mass is 9.95. The summed E-state index contributed by atoms with van der Waals surface area (Å²) >= 11 is 0. The van der Waals surface area contributed by atoms with Crippen LogP contribution in [0.5, 0.6) is 0 Å². The third-order valence-electron chi connectivity index (χ3n) is 3.44. The van der Waals surface area contributed by atoms with E-state index >= 15 is 0 Å². The number of benzene rings is 1. The van der Waals surface area contributed by atoms with E-state index in [1.165, 1.54) is 32.1 Å². The number of nitrogens with one attached hydrogen (secondary N) is 1. The van der Waals surface area contributed by atoms with Gasteiger partial charge in [-0.15, -0.1) is 0 Å². The summed E-state index contributed by atoms with van der Waals surface area (Å²) in [6.45, 7) is 2.59. The minimum Gasteiger partial charge on any atom is -0.310 e. The van der Waals surface area contributed by atoms with Gasteiger partial charge in [-0.25, -0.2) is 4.39 Å². The van der Waals surface area contributed by atoms with Crippen molar-refractivity contribution in [3.8, 4) is 0 Å². The van der Waals surface area contributed by atoms with Gasteiger partial charge in [0, 0.05) is 12.6 Å². The molecule has 0 spiro atoms. The highest BCUT2D eigenvalue weighted by Gasteiger charge is 2.12. The van der Waals surface area contributed by atoms with Gasteiger partial charge in [-0.2, -0.15) is 0 Å². The van der Waals surface area contributed by atoms with Crippen molar-refractivity contribution in [3.05, 3.63) is 35.1 Å². The second kappa shape index (κ2) is 5.44. The second-order valence-electron chi connectivity index (χ2n) is 4.80. The Hall–Kier alpha value is -0.890. The molecule has 1 nitrogen and oxygen atoms in total. The Morgan fingerprint density at radius 3 is 2.69 bits per heavy atom. The monoisotopic (exact) mass is 221 g/mol. The standard InChI is InChI=1S/C14H20FN/c1-11-7-8-12(9-14(11)15)10-16-13-5-3-2-4-6-13/h7-9,13,16H,2-6,10H2,1H3. The normalized spacial score (nSPS) is 17.6. The highest BCUT2D eigenvalue weighted by molar-refractivity contribution is 5.23. The maximum absolute atomic E-state index is 13.3. The zero-order chi connectivity index (χ0) is 11.4. The Labute approximate surface area is 97.1 Å². The quantitative estimate of drug-likeness (QED) is 0.823. The van der Waals surface area contributed by atoms with Crippen LogP contribution in [0, 0.1) is 12.7 Å². The van der Waals surface area contributed by atoms with Crippen LogP contribution in [0.3, 0.4) is 0 Å².